The molecular formula is C32H50NO5P. The van der Waals surface area contributed by atoms with Crippen LogP contribution in [0.4, 0.5) is 0 Å². The third-order valence-corrected chi connectivity index (χ3v) is 8.96. The molecule has 0 fully saturated rings. The van der Waals surface area contributed by atoms with Gasteiger partial charge in [0.15, 0.2) is 5.78 Å². The predicted octanol–water partition coefficient (Wildman–Crippen LogP) is 8.51. The molecule has 0 saturated carbocycles. The molecule has 1 unspecified atom stereocenters. The smallest absolute Gasteiger partial charge is 0.357 e. The summed E-state index contributed by atoms with van der Waals surface area (Å²) in [5.41, 5.74) is 2.53. The third kappa shape index (κ3) is 8.93. The van der Waals surface area contributed by atoms with Crippen molar-refractivity contribution in [3.8, 4) is 5.75 Å². The van der Waals surface area contributed by atoms with Gasteiger partial charge in [-0.25, -0.2) is 0 Å². The van der Waals surface area contributed by atoms with Crippen LogP contribution in [0.3, 0.4) is 0 Å². The van der Waals surface area contributed by atoms with Crippen LogP contribution in [0.15, 0.2) is 42.5 Å². The van der Waals surface area contributed by atoms with Gasteiger partial charge in [0.2, 0.25) is 5.91 Å². The van der Waals surface area contributed by atoms with E-state index in [1.807, 2.05) is 85.7 Å². The Labute approximate surface area is 236 Å². The normalized spacial score (nSPS) is 13.4. The summed E-state index contributed by atoms with van der Waals surface area (Å²) in [6, 6.07) is 13.9. The van der Waals surface area contributed by atoms with E-state index in [1.54, 1.807) is 4.90 Å². The Balaban J connectivity index is 2.76. The van der Waals surface area contributed by atoms with Crippen LogP contribution in [0.5, 0.6) is 5.75 Å². The summed E-state index contributed by atoms with van der Waals surface area (Å²) >= 11 is 0. The topological polar surface area (TPSA) is 76.1 Å². The molecule has 0 spiro atoms. The zero-order valence-electron chi connectivity index (χ0n) is 25.5. The van der Waals surface area contributed by atoms with Gasteiger partial charge in [0, 0.05) is 13.5 Å². The average Bonchev–Trinajstić information content (AvgIpc) is 2.85. The second-order valence-corrected chi connectivity index (χ2v) is 14.4. The van der Waals surface area contributed by atoms with Gasteiger partial charge in [-0.1, -0.05) is 85.7 Å². The minimum Gasteiger partial charge on any atom is -0.507 e. The molecule has 218 valence electrons. The maximum Gasteiger partial charge on any atom is 0.357 e. The summed E-state index contributed by atoms with van der Waals surface area (Å²) in [4.78, 5) is 14.9. The highest BCUT2D eigenvalue weighted by Crippen LogP contribution is 2.63. The molecule has 2 aromatic rings. The summed E-state index contributed by atoms with van der Waals surface area (Å²) in [6.45, 7) is 18.5. The Bertz CT molecular complexity index is 1070. The van der Waals surface area contributed by atoms with Gasteiger partial charge in [-0.3, -0.25) is 9.36 Å². The van der Waals surface area contributed by atoms with Crippen LogP contribution in [-0.2, 0) is 35.7 Å². The SMILES string of the molecule is CCCOP(=O)(OCCC)C(c1cc(C(C)(C)C)c(O)c(C(C)(C)C)c1)N(CCCc1ccccc1)C(C)=O. The predicted molar refractivity (Wildman–Crippen MR) is 160 cm³/mol. The molecular weight excluding hydrogens is 509 g/mol. The molecule has 7 heteroatoms. The number of phenolic OH excluding ortho intramolecular Hbond substituents is 1. The van der Waals surface area contributed by atoms with Crippen molar-refractivity contribution in [3.05, 3.63) is 64.7 Å². The lowest BCUT2D eigenvalue weighted by Crippen LogP contribution is -2.35. The molecule has 2 aromatic carbocycles. The van der Waals surface area contributed by atoms with Crippen LogP contribution in [0.1, 0.15) is 110 Å². The summed E-state index contributed by atoms with van der Waals surface area (Å²) < 4.78 is 26.8. The van der Waals surface area contributed by atoms with Gasteiger partial charge < -0.3 is 19.1 Å². The highest BCUT2D eigenvalue weighted by Gasteiger charge is 2.44. The fourth-order valence-electron chi connectivity index (χ4n) is 4.65. The number of aryl methyl sites for hydroxylation is 1. The third-order valence-electron chi connectivity index (χ3n) is 6.70. The van der Waals surface area contributed by atoms with E-state index in [9.17, 15) is 14.5 Å². The van der Waals surface area contributed by atoms with E-state index in [-0.39, 0.29) is 24.9 Å². The van der Waals surface area contributed by atoms with Gasteiger partial charge in [-0.15, -0.1) is 0 Å². The molecule has 0 aliphatic carbocycles. The lowest BCUT2D eigenvalue weighted by molar-refractivity contribution is -0.130. The molecule has 1 amide bonds. The number of benzene rings is 2. The number of carbonyl (C=O) groups excluding carboxylic acids is 1. The van der Waals surface area contributed by atoms with Crippen molar-refractivity contribution in [2.45, 2.75) is 105 Å². The number of carbonyl (C=O) groups is 1. The first-order valence-corrected chi connectivity index (χ1v) is 15.8. The second-order valence-electron chi connectivity index (χ2n) is 12.3. The van der Waals surface area contributed by atoms with Crippen molar-refractivity contribution in [3.63, 3.8) is 0 Å². The minimum atomic E-state index is -3.84. The number of amides is 1. The molecule has 2 rings (SSSR count). The van der Waals surface area contributed by atoms with E-state index < -0.39 is 24.2 Å². The zero-order valence-corrected chi connectivity index (χ0v) is 26.4. The Morgan fingerprint density at radius 1 is 0.923 bits per heavy atom. The van der Waals surface area contributed by atoms with E-state index in [4.69, 9.17) is 9.05 Å². The van der Waals surface area contributed by atoms with E-state index in [1.165, 1.54) is 12.5 Å². The number of aromatic hydroxyl groups is 1. The molecule has 6 nitrogen and oxygen atoms in total. The molecule has 0 aliphatic heterocycles. The van der Waals surface area contributed by atoms with Crippen LogP contribution < -0.4 is 0 Å². The van der Waals surface area contributed by atoms with Gasteiger partial charge in [-0.05, 0) is 70.9 Å². The maximum atomic E-state index is 14.7. The van der Waals surface area contributed by atoms with Gasteiger partial charge in [-0.2, -0.15) is 0 Å². The lowest BCUT2D eigenvalue weighted by atomic mass is 9.78. The van der Waals surface area contributed by atoms with Crippen LogP contribution in [-0.4, -0.2) is 35.7 Å². The monoisotopic (exact) mass is 559 g/mol. The Morgan fingerprint density at radius 3 is 1.82 bits per heavy atom. The highest BCUT2D eigenvalue weighted by atomic mass is 31.2. The van der Waals surface area contributed by atoms with E-state index in [0.29, 0.717) is 31.4 Å². The van der Waals surface area contributed by atoms with E-state index >= 15 is 0 Å². The van der Waals surface area contributed by atoms with Crippen molar-refractivity contribution in [2.24, 2.45) is 0 Å². The van der Waals surface area contributed by atoms with Gasteiger partial charge in [0.25, 0.3) is 0 Å². The number of nitrogens with zero attached hydrogens (tertiary/aromatic N) is 1. The summed E-state index contributed by atoms with van der Waals surface area (Å²) in [5, 5.41) is 11.4. The Kier molecular flexibility index (Phi) is 11.8. The first kappa shape index (κ1) is 33.1. The van der Waals surface area contributed by atoms with Crippen LogP contribution in [0.2, 0.25) is 0 Å². The zero-order chi connectivity index (χ0) is 29.4. The quantitative estimate of drug-likeness (QED) is 0.249. The number of phenols is 1. The Hall–Kier alpha value is -2.14. The van der Waals surface area contributed by atoms with Crippen molar-refractivity contribution in [2.75, 3.05) is 19.8 Å². The Morgan fingerprint density at radius 2 is 1.41 bits per heavy atom. The fourth-order valence-corrected chi connectivity index (χ4v) is 7.01. The molecule has 0 radical (unpaired) electrons. The fraction of sp³-hybridized carbons (Fsp3) is 0.594. The van der Waals surface area contributed by atoms with Gasteiger partial charge in [0.1, 0.15) is 5.75 Å². The van der Waals surface area contributed by atoms with Gasteiger partial charge in [0.05, 0.1) is 13.2 Å². The molecule has 1 N–H and O–H groups in total. The first-order chi connectivity index (χ1) is 18.2. The van der Waals surface area contributed by atoms with Gasteiger partial charge >= 0.3 is 7.60 Å². The molecule has 0 bridgehead atoms. The first-order valence-electron chi connectivity index (χ1n) is 14.2. The molecule has 0 aliphatic rings. The van der Waals surface area contributed by atoms with Crippen molar-refractivity contribution in [1.82, 2.24) is 4.90 Å². The number of rotatable bonds is 13. The molecule has 0 aromatic heterocycles. The van der Waals surface area contributed by atoms with Crippen LogP contribution >= 0.6 is 7.60 Å². The highest BCUT2D eigenvalue weighted by molar-refractivity contribution is 7.54. The summed E-state index contributed by atoms with van der Waals surface area (Å²) in [5.74, 6) is -0.905. The lowest BCUT2D eigenvalue weighted by Gasteiger charge is -2.37. The molecule has 1 atom stereocenters. The van der Waals surface area contributed by atoms with Crippen molar-refractivity contribution < 1.29 is 23.5 Å². The number of hydrogen-bond acceptors (Lipinski definition) is 5. The largest absolute Gasteiger partial charge is 0.507 e. The minimum absolute atomic E-state index is 0.198. The van der Waals surface area contributed by atoms with E-state index in [2.05, 4.69) is 12.1 Å². The molecule has 39 heavy (non-hydrogen) atoms. The summed E-state index contributed by atoms with van der Waals surface area (Å²) in [7, 11) is -3.84. The van der Waals surface area contributed by atoms with E-state index in [0.717, 1.165) is 17.5 Å². The number of hydrogen-bond donors (Lipinski definition) is 1. The van der Waals surface area contributed by atoms with Crippen LogP contribution in [0, 0.1) is 0 Å². The molecule has 0 saturated heterocycles. The second kappa shape index (κ2) is 14.0. The van der Waals surface area contributed by atoms with Crippen molar-refractivity contribution in [1.29, 1.82) is 0 Å². The van der Waals surface area contributed by atoms with Crippen LogP contribution in [0.25, 0.3) is 0 Å². The summed E-state index contributed by atoms with van der Waals surface area (Å²) in [6.07, 6.45) is 2.80. The average molecular weight is 560 g/mol. The molecule has 0 heterocycles. The maximum absolute atomic E-state index is 14.7. The standard InChI is InChI=1S/C32H50NO5P/c1-10-20-37-39(36,38-21-11-2)30(33(24(3)34)19-15-18-25-16-13-12-14-17-25)26-22-27(31(4,5)6)29(35)28(23-26)32(7,8)9/h12-14,16-17,22-23,30,35H,10-11,15,18-21H2,1-9H3. The van der Waals surface area contributed by atoms with Crippen molar-refractivity contribution >= 4 is 13.5 Å².